The molecular weight excluding hydrogens is 371 g/mol. The minimum Gasteiger partial charge on any atom is -0.423 e. The van der Waals surface area contributed by atoms with Crippen molar-refractivity contribution in [3.05, 3.63) is 63.8 Å². The van der Waals surface area contributed by atoms with Crippen LogP contribution in [-0.4, -0.2) is 21.7 Å². The lowest BCUT2D eigenvalue weighted by molar-refractivity contribution is 0.553. The molecule has 7 heteroatoms. The number of fused-ring (bicyclic) bond motifs is 2. The van der Waals surface area contributed by atoms with Gasteiger partial charge in [-0.25, -0.2) is 0 Å². The molecule has 3 heterocycles. The average Bonchev–Trinajstić information content (AvgIpc) is 3.24. The van der Waals surface area contributed by atoms with E-state index >= 15 is 0 Å². The van der Waals surface area contributed by atoms with E-state index in [1.807, 2.05) is 36.4 Å². The first-order valence-electron chi connectivity index (χ1n) is 8.30. The van der Waals surface area contributed by atoms with E-state index in [1.54, 1.807) is 6.07 Å². The van der Waals surface area contributed by atoms with E-state index in [1.165, 1.54) is 0 Å². The summed E-state index contributed by atoms with van der Waals surface area (Å²) >= 11 is 12.2. The molecule has 130 valence electrons. The summed E-state index contributed by atoms with van der Waals surface area (Å²) in [6.45, 7) is 1.49. The van der Waals surface area contributed by atoms with Crippen LogP contribution in [0.5, 0.6) is 0 Å². The van der Waals surface area contributed by atoms with Gasteiger partial charge in [-0.2, -0.15) is 10.1 Å². The van der Waals surface area contributed by atoms with E-state index in [4.69, 9.17) is 27.6 Å². The second kappa shape index (κ2) is 6.04. The molecule has 1 aliphatic heterocycles. The normalized spacial score (nSPS) is 14.0. The van der Waals surface area contributed by atoms with Gasteiger partial charge >= 0.3 is 0 Å². The second-order valence-corrected chi connectivity index (χ2v) is 7.19. The maximum absolute atomic E-state index is 6.14. The average molecular weight is 385 g/mol. The summed E-state index contributed by atoms with van der Waals surface area (Å²) < 4.78 is 5.92. The molecule has 0 saturated carbocycles. The minimum absolute atomic E-state index is 0.603. The lowest BCUT2D eigenvalue weighted by Crippen LogP contribution is -2.30. The molecule has 4 aromatic rings. The van der Waals surface area contributed by atoms with Gasteiger partial charge in [0, 0.05) is 39.8 Å². The third-order valence-corrected chi connectivity index (χ3v) is 5.11. The molecule has 0 unspecified atom stereocenters. The molecule has 2 aromatic carbocycles. The number of halogens is 2. The minimum atomic E-state index is 0.603. The first-order valence-corrected chi connectivity index (χ1v) is 9.06. The highest BCUT2D eigenvalue weighted by molar-refractivity contribution is 6.31. The maximum Gasteiger partial charge on any atom is 0.298 e. The van der Waals surface area contributed by atoms with Crippen molar-refractivity contribution in [3.63, 3.8) is 0 Å². The highest BCUT2D eigenvalue weighted by atomic mass is 35.5. The van der Waals surface area contributed by atoms with E-state index < -0.39 is 0 Å². The summed E-state index contributed by atoms with van der Waals surface area (Å²) in [4.78, 5) is 6.72. The monoisotopic (exact) mass is 384 g/mol. The van der Waals surface area contributed by atoms with E-state index in [0.717, 1.165) is 46.6 Å². The highest BCUT2D eigenvalue weighted by Gasteiger charge is 2.25. The third kappa shape index (κ3) is 2.64. The van der Waals surface area contributed by atoms with Crippen molar-refractivity contribution in [3.8, 4) is 11.3 Å². The molecule has 0 bridgehead atoms. The molecule has 1 aliphatic rings. The van der Waals surface area contributed by atoms with Crippen molar-refractivity contribution in [2.24, 2.45) is 0 Å². The lowest BCUT2D eigenvalue weighted by atomic mass is 10.0. The quantitative estimate of drug-likeness (QED) is 0.522. The van der Waals surface area contributed by atoms with E-state index in [9.17, 15) is 0 Å². The Morgan fingerprint density at radius 3 is 2.85 bits per heavy atom. The van der Waals surface area contributed by atoms with Crippen LogP contribution in [0.3, 0.4) is 0 Å². The molecule has 0 radical (unpaired) electrons. The van der Waals surface area contributed by atoms with Gasteiger partial charge in [-0.3, -0.25) is 5.10 Å². The van der Waals surface area contributed by atoms with Crippen LogP contribution in [-0.2, 0) is 13.0 Å². The van der Waals surface area contributed by atoms with Gasteiger partial charge in [-0.05, 0) is 30.3 Å². The van der Waals surface area contributed by atoms with Crippen molar-refractivity contribution in [2.75, 3.05) is 11.4 Å². The number of anilines is 1. The highest BCUT2D eigenvalue weighted by Crippen LogP contribution is 2.32. The number of nitrogens with one attached hydrogen (secondary N) is 1. The number of aromatic nitrogens is 3. The van der Waals surface area contributed by atoms with Crippen molar-refractivity contribution < 1.29 is 4.42 Å². The molecule has 0 fully saturated rings. The Labute approximate surface area is 159 Å². The molecule has 0 aliphatic carbocycles. The predicted octanol–water partition coefficient (Wildman–Crippen LogP) is 5.09. The SMILES string of the molecule is Clc1cccc(-c2n[nH]c3c2CN(c2nc4cc(Cl)ccc4o2)CC3)c1. The summed E-state index contributed by atoms with van der Waals surface area (Å²) in [6, 6.07) is 13.8. The summed E-state index contributed by atoms with van der Waals surface area (Å²) in [5, 5.41) is 9.02. The van der Waals surface area contributed by atoms with E-state index in [-0.39, 0.29) is 0 Å². The zero-order valence-electron chi connectivity index (χ0n) is 13.7. The molecule has 26 heavy (non-hydrogen) atoms. The summed E-state index contributed by atoms with van der Waals surface area (Å²) in [6.07, 6.45) is 0.850. The van der Waals surface area contributed by atoms with Crippen molar-refractivity contribution in [1.29, 1.82) is 0 Å². The van der Waals surface area contributed by atoms with Gasteiger partial charge in [-0.15, -0.1) is 0 Å². The zero-order valence-corrected chi connectivity index (χ0v) is 15.2. The fourth-order valence-electron chi connectivity index (χ4n) is 3.36. The van der Waals surface area contributed by atoms with E-state index in [2.05, 4.69) is 20.1 Å². The first kappa shape index (κ1) is 15.7. The smallest absolute Gasteiger partial charge is 0.298 e. The number of nitrogens with zero attached hydrogens (tertiary/aromatic N) is 3. The fourth-order valence-corrected chi connectivity index (χ4v) is 3.71. The summed E-state index contributed by atoms with van der Waals surface area (Å²) in [7, 11) is 0. The standard InChI is InChI=1S/C19H14Cl2N4O/c20-12-3-1-2-11(8-12)18-14-10-25(7-6-15(14)23-24-18)19-22-16-9-13(21)4-5-17(16)26-19/h1-5,8-9H,6-7,10H2,(H,23,24). The topological polar surface area (TPSA) is 58.0 Å². The summed E-state index contributed by atoms with van der Waals surface area (Å²) in [5.74, 6) is 0. The molecule has 0 spiro atoms. The number of aromatic amines is 1. The van der Waals surface area contributed by atoms with Gasteiger partial charge in [-0.1, -0.05) is 35.3 Å². The molecule has 5 rings (SSSR count). The number of rotatable bonds is 2. The van der Waals surface area contributed by atoms with Crippen molar-refractivity contribution in [2.45, 2.75) is 13.0 Å². The Morgan fingerprint density at radius 2 is 1.96 bits per heavy atom. The van der Waals surface area contributed by atoms with Crippen LogP contribution < -0.4 is 4.90 Å². The number of benzene rings is 2. The molecule has 5 nitrogen and oxygen atoms in total. The Morgan fingerprint density at radius 1 is 1.08 bits per heavy atom. The lowest BCUT2D eigenvalue weighted by Gasteiger charge is -2.25. The van der Waals surface area contributed by atoms with Crippen LogP contribution >= 0.6 is 23.2 Å². The maximum atomic E-state index is 6.14. The Bertz CT molecular complexity index is 1120. The largest absolute Gasteiger partial charge is 0.423 e. The predicted molar refractivity (Wildman–Crippen MR) is 103 cm³/mol. The Hall–Kier alpha value is -2.50. The zero-order chi connectivity index (χ0) is 17.7. The second-order valence-electron chi connectivity index (χ2n) is 6.32. The molecule has 1 N–H and O–H groups in total. The van der Waals surface area contributed by atoms with E-state index in [0.29, 0.717) is 22.6 Å². The van der Waals surface area contributed by atoms with Crippen LogP contribution in [0.1, 0.15) is 11.3 Å². The molecule has 2 aromatic heterocycles. The van der Waals surface area contributed by atoms with Crippen LogP contribution in [0.25, 0.3) is 22.4 Å². The van der Waals surface area contributed by atoms with Crippen LogP contribution in [0.4, 0.5) is 6.01 Å². The van der Waals surface area contributed by atoms with Crippen LogP contribution in [0.2, 0.25) is 10.0 Å². The molecule has 0 atom stereocenters. The van der Waals surface area contributed by atoms with Gasteiger partial charge in [0.2, 0.25) is 0 Å². The first-order chi connectivity index (χ1) is 12.7. The third-order valence-electron chi connectivity index (χ3n) is 4.64. The number of hydrogen-bond donors (Lipinski definition) is 1. The Kier molecular flexibility index (Phi) is 3.65. The van der Waals surface area contributed by atoms with Gasteiger partial charge in [0.1, 0.15) is 5.52 Å². The van der Waals surface area contributed by atoms with Gasteiger partial charge in [0.05, 0.1) is 12.2 Å². The van der Waals surface area contributed by atoms with Crippen LogP contribution in [0.15, 0.2) is 46.9 Å². The van der Waals surface area contributed by atoms with Gasteiger partial charge in [0.15, 0.2) is 5.58 Å². The van der Waals surface area contributed by atoms with Crippen molar-refractivity contribution >= 4 is 40.3 Å². The number of oxazole rings is 1. The Balaban J connectivity index is 1.52. The molecule has 0 amide bonds. The number of hydrogen-bond acceptors (Lipinski definition) is 4. The molecule has 0 saturated heterocycles. The van der Waals surface area contributed by atoms with Crippen LogP contribution in [0, 0.1) is 0 Å². The van der Waals surface area contributed by atoms with Crippen molar-refractivity contribution in [1.82, 2.24) is 15.2 Å². The van der Waals surface area contributed by atoms with Gasteiger partial charge in [0.25, 0.3) is 6.01 Å². The molecular formula is C19H14Cl2N4O. The van der Waals surface area contributed by atoms with Gasteiger partial charge < -0.3 is 9.32 Å². The number of H-pyrrole nitrogens is 1. The fraction of sp³-hybridized carbons (Fsp3) is 0.158. The summed E-state index contributed by atoms with van der Waals surface area (Å²) in [5.41, 5.74) is 5.72.